The number of hydrogen-bond donors (Lipinski definition) is 1. The minimum atomic E-state index is -0.507. The van der Waals surface area contributed by atoms with Crippen molar-refractivity contribution in [2.24, 2.45) is 0 Å². The summed E-state index contributed by atoms with van der Waals surface area (Å²) in [5.41, 5.74) is 1.17. The highest BCUT2D eigenvalue weighted by Gasteiger charge is 2.36. The molecule has 6 nitrogen and oxygen atoms in total. The first-order valence-electron chi connectivity index (χ1n) is 7.34. The van der Waals surface area contributed by atoms with Crippen molar-refractivity contribution in [3.63, 3.8) is 0 Å². The molecule has 0 spiro atoms. The molecule has 2 heterocycles. The molecular formula is C17H11BrClN3O3S. The van der Waals surface area contributed by atoms with Gasteiger partial charge in [0.15, 0.2) is 0 Å². The number of carbonyl (C=O) groups excluding carboxylic acids is 3. The summed E-state index contributed by atoms with van der Waals surface area (Å²) >= 11 is 10.0. The number of nitrogens with one attached hydrogen (secondary N) is 1. The zero-order chi connectivity index (χ0) is 18.7. The van der Waals surface area contributed by atoms with Crippen LogP contribution in [0.25, 0.3) is 6.08 Å². The number of aromatic nitrogens is 1. The van der Waals surface area contributed by atoms with Crippen LogP contribution in [0.1, 0.15) is 5.56 Å². The largest absolute Gasteiger partial charge is 0.324 e. The number of benzene rings is 1. The summed E-state index contributed by atoms with van der Waals surface area (Å²) in [5, 5.41) is 2.56. The Hall–Kier alpha value is -2.16. The summed E-state index contributed by atoms with van der Waals surface area (Å²) < 4.78 is 0.698. The normalized spacial score (nSPS) is 15.6. The molecule has 0 atom stereocenters. The number of rotatable bonds is 4. The molecule has 1 saturated heterocycles. The van der Waals surface area contributed by atoms with Crippen LogP contribution in [-0.2, 0) is 9.59 Å². The van der Waals surface area contributed by atoms with E-state index in [4.69, 9.17) is 11.6 Å². The second kappa shape index (κ2) is 8.03. The van der Waals surface area contributed by atoms with Gasteiger partial charge < -0.3 is 5.32 Å². The van der Waals surface area contributed by atoms with Crippen molar-refractivity contribution >= 4 is 68.1 Å². The highest BCUT2D eigenvalue weighted by atomic mass is 79.9. The Morgan fingerprint density at radius 2 is 2.15 bits per heavy atom. The molecule has 1 aromatic heterocycles. The van der Waals surface area contributed by atoms with E-state index in [0.29, 0.717) is 20.7 Å². The fraction of sp³-hybridized carbons (Fsp3) is 0.0588. The number of carbonyl (C=O) groups is 3. The molecule has 0 unspecified atom stereocenters. The topological polar surface area (TPSA) is 79.4 Å². The molecule has 1 aromatic carbocycles. The first-order valence-corrected chi connectivity index (χ1v) is 9.33. The molecule has 1 N–H and O–H groups in total. The SMILES string of the molecule is O=C(CN1C(=O)S/C(=C/c2cccnc2)C1=O)Nc1ccc(Br)c(Cl)c1. The maximum Gasteiger partial charge on any atom is 0.294 e. The summed E-state index contributed by atoms with van der Waals surface area (Å²) in [4.78, 5) is 41.8. The van der Waals surface area contributed by atoms with Crippen molar-refractivity contribution < 1.29 is 14.4 Å². The van der Waals surface area contributed by atoms with E-state index in [2.05, 4.69) is 26.2 Å². The van der Waals surface area contributed by atoms with Gasteiger partial charge >= 0.3 is 0 Å². The van der Waals surface area contributed by atoms with Gasteiger partial charge in [0.25, 0.3) is 11.1 Å². The van der Waals surface area contributed by atoms with Gasteiger partial charge in [0, 0.05) is 22.6 Å². The zero-order valence-electron chi connectivity index (χ0n) is 13.1. The van der Waals surface area contributed by atoms with Crippen molar-refractivity contribution in [3.05, 3.63) is 62.7 Å². The average molecular weight is 453 g/mol. The van der Waals surface area contributed by atoms with Gasteiger partial charge in [-0.25, -0.2) is 0 Å². The van der Waals surface area contributed by atoms with Gasteiger partial charge in [0.1, 0.15) is 6.54 Å². The fourth-order valence-electron chi connectivity index (χ4n) is 2.17. The molecule has 0 bridgehead atoms. The number of hydrogen-bond acceptors (Lipinski definition) is 5. The van der Waals surface area contributed by atoms with Crippen molar-refractivity contribution in [1.29, 1.82) is 0 Å². The van der Waals surface area contributed by atoms with Gasteiger partial charge in [-0.3, -0.25) is 24.3 Å². The second-order valence-corrected chi connectivity index (χ2v) is 7.49. The average Bonchev–Trinajstić information content (AvgIpc) is 2.86. The Bertz CT molecular complexity index is 921. The Balaban J connectivity index is 1.68. The Kier molecular flexibility index (Phi) is 5.75. The van der Waals surface area contributed by atoms with Crippen molar-refractivity contribution in [2.75, 3.05) is 11.9 Å². The van der Waals surface area contributed by atoms with Crippen LogP contribution in [0.4, 0.5) is 10.5 Å². The van der Waals surface area contributed by atoms with E-state index < -0.39 is 17.1 Å². The van der Waals surface area contributed by atoms with E-state index in [9.17, 15) is 14.4 Å². The third-order valence-electron chi connectivity index (χ3n) is 3.36. The molecule has 0 saturated carbocycles. The molecule has 1 fully saturated rings. The lowest BCUT2D eigenvalue weighted by atomic mass is 10.2. The van der Waals surface area contributed by atoms with Gasteiger partial charge in [-0.05, 0) is 63.6 Å². The quantitative estimate of drug-likeness (QED) is 0.704. The molecule has 3 amide bonds. The highest BCUT2D eigenvalue weighted by Crippen LogP contribution is 2.32. The molecule has 3 rings (SSSR count). The van der Waals surface area contributed by atoms with Crippen molar-refractivity contribution in [3.8, 4) is 0 Å². The third kappa shape index (κ3) is 4.32. The lowest BCUT2D eigenvalue weighted by Crippen LogP contribution is -2.36. The predicted octanol–water partition coefficient (Wildman–Crippen LogP) is 4.17. The van der Waals surface area contributed by atoms with E-state index in [-0.39, 0.29) is 11.4 Å². The van der Waals surface area contributed by atoms with E-state index in [0.717, 1.165) is 16.7 Å². The van der Waals surface area contributed by atoms with Crippen LogP contribution in [-0.4, -0.2) is 33.5 Å². The summed E-state index contributed by atoms with van der Waals surface area (Å²) in [7, 11) is 0. The number of imide groups is 1. The van der Waals surface area contributed by atoms with Crippen LogP contribution >= 0.6 is 39.3 Å². The summed E-state index contributed by atoms with van der Waals surface area (Å²) in [6, 6.07) is 8.41. The molecule has 1 aliphatic heterocycles. The molecule has 0 radical (unpaired) electrons. The Morgan fingerprint density at radius 3 is 2.85 bits per heavy atom. The van der Waals surface area contributed by atoms with Gasteiger partial charge in [0.05, 0.1) is 9.93 Å². The van der Waals surface area contributed by atoms with Crippen LogP contribution in [0.5, 0.6) is 0 Å². The minimum Gasteiger partial charge on any atom is -0.324 e. The third-order valence-corrected chi connectivity index (χ3v) is 5.50. The molecule has 1 aliphatic rings. The van der Waals surface area contributed by atoms with Crippen LogP contribution in [0.3, 0.4) is 0 Å². The van der Waals surface area contributed by atoms with Gasteiger partial charge in [-0.1, -0.05) is 17.7 Å². The lowest BCUT2D eigenvalue weighted by molar-refractivity contribution is -0.127. The second-order valence-electron chi connectivity index (χ2n) is 5.23. The standard InChI is InChI=1S/C17H11BrClN3O3S/c18-12-4-3-11(7-13(12)19)21-15(23)9-22-16(24)14(26-17(22)25)6-10-2-1-5-20-8-10/h1-8H,9H2,(H,21,23)/b14-6+. The van der Waals surface area contributed by atoms with Gasteiger partial charge in [0.2, 0.25) is 5.91 Å². The predicted molar refractivity (Wildman–Crippen MR) is 105 cm³/mol. The van der Waals surface area contributed by atoms with Crippen LogP contribution in [0.2, 0.25) is 5.02 Å². The zero-order valence-corrected chi connectivity index (χ0v) is 16.3. The summed E-state index contributed by atoms with van der Waals surface area (Å²) in [6.07, 6.45) is 4.77. The Morgan fingerprint density at radius 1 is 1.35 bits per heavy atom. The number of nitrogens with zero attached hydrogens (tertiary/aromatic N) is 2. The van der Waals surface area contributed by atoms with Crippen LogP contribution in [0.15, 0.2) is 52.1 Å². The smallest absolute Gasteiger partial charge is 0.294 e. The summed E-state index contributed by atoms with van der Waals surface area (Å²) in [6.45, 7) is -0.372. The van der Waals surface area contributed by atoms with Gasteiger partial charge in [-0.2, -0.15) is 0 Å². The minimum absolute atomic E-state index is 0.252. The summed E-state index contributed by atoms with van der Waals surface area (Å²) in [5.74, 6) is -0.999. The van der Waals surface area contributed by atoms with E-state index >= 15 is 0 Å². The number of amides is 3. The van der Waals surface area contributed by atoms with E-state index in [1.807, 2.05) is 0 Å². The number of anilines is 1. The number of thioether (sulfide) groups is 1. The molecular weight excluding hydrogens is 442 g/mol. The molecule has 26 heavy (non-hydrogen) atoms. The number of halogens is 2. The molecule has 9 heteroatoms. The van der Waals surface area contributed by atoms with Crippen LogP contribution < -0.4 is 5.32 Å². The lowest BCUT2D eigenvalue weighted by Gasteiger charge is -2.12. The van der Waals surface area contributed by atoms with E-state index in [1.165, 1.54) is 0 Å². The van der Waals surface area contributed by atoms with Gasteiger partial charge in [-0.15, -0.1) is 0 Å². The monoisotopic (exact) mass is 451 g/mol. The highest BCUT2D eigenvalue weighted by molar-refractivity contribution is 9.10. The number of pyridine rings is 1. The maximum atomic E-state index is 12.4. The van der Waals surface area contributed by atoms with E-state index in [1.54, 1.807) is 48.8 Å². The molecule has 0 aliphatic carbocycles. The first kappa shape index (κ1) is 18.6. The fourth-order valence-corrected chi connectivity index (χ4v) is 3.43. The molecule has 2 aromatic rings. The van der Waals surface area contributed by atoms with Crippen molar-refractivity contribution in [1.82, 2.24) is 9.88 Å². The maximum absolute atomic E-state index is 12.4. The van der Waals surface area contributed by atoms with Crippen molar-refractivity contribution in [2.45, 2.75) is 0 Å². The first-order chi connectivity index (χ1) is 12.4. The Labute approximate surface area is 166 Å². The molecule has 132 valence electrons. The van der Waals surface area contributed by atoms with Crippen LogP contribution in [0, 0.1) is 0 Å².